The van der Waals surface area contributed by atoms with Crippen molar-refractivity contribution in [3.8, 4) is 0 Å². The van der Waals surface area contributed by atoms with Gasteiger partial charge in [-0.25, -0.2) is 0 Å². The summed E-state index contributed by atoms with van der Waals surface area (Å²) >= 11 is 0. The van der Waals surface area contributed by atoms with Crippen molar-refractivity contribution in [3.05, 3.63) is 0 Å². The molecule has 1 N–H and O–H groups in total. The summed E-state index contributed by atoms with van der Waals surface area (Å²) in [5, 5.41) is 3.92. The van der Waals surface area contributed by atoms with E-state index in [2.05, 4.69) is 24.1 Å². The van der Waals surface area contributed by atoms with Crippen molar-refractivity contribution in [2.45, 2.75) is 70.9 Å². The Labute approximate surface area is 113 Å². The van der Waals surface area contributed by atoms with E-state index in [-0.39, 0.29) is 0 Å². The van der Waals surface area contributed by atoms with Gasteiger partial charge in [-0.1, -0.05) is 0 Å². The second-order valence-electron chi connectivity index (χ2n) is 7.28. The zero-order chi connectivity index (χ0) is 12.6. The molecule has 2 aliphatic carbocycles. The molecule has 0 aromatic carbocycles. The van der Waals surface area contributed by atoms with Crippen molar-refractivity contribution in [2.24, 2.45) is 11.3 Å². The van der Waals surface area contributed by atoms with Crippen LogP contribution in [0, 0.1) is 11.3 Å². The van der Waals surface area contributed by atoms with Gasteiger partial charge in [0.05, 0.1) is 0 Å². The summed E-state index contributed by atoms with van der Waals surface area (Å²) in [5.74, 6) is 1.10. The van der Waals surface area contributed by atoms with Gasteiger partial charge in [0.15, 0.2) is 0 Å². The molecule has 1 heterocycles. The Bertz CT molecular complexity index is 279. The molecular weight excluding hydrogens is 220 g/mol. The Kier molecular flexibility index (Phi) is 3.68. The summed E-state index contributed by atoms with van der Waals surface area (Å²) < 4.78 is 0. The molecule has 0 bridgehead atoms. The zero-order valence-corrected chi connectivity index (χ0v) is 12.3. The van der Waals surface area contributed by atoms with Crippen LogP contribution in [0.15, 0.2) is 0 Å². The van der Waals surface area contributed by atoms with E-state index >= 15 is 0 Å². The number of hydrogen-bond acceptors (Lipinski definition) is 2. The van der Waals surface area contributed by atoms with Crippen molar-refractivity contribution in [1.29, 1.82) is 0 Å². The standard InChI is InChI=1S/C16H30N2/c1-13(2)18-10-3-4-15(7-11-18)17-12-16(8-9-16)14-5-6-14/h13-15,17H,3-12H2,1-2H3. The van der Waals surface area contributed by atoms with Crippen LogP contribution < -0.4 is 5.32 Å². The first-order chi connectivity index (χ1) is 8.70. The van der Waals surface area contributed by atoms with Gasteiger partial charge in [-0.2, -0.15) is 0 Å². The van der Waals surface area contributed by atoms with Gasteiger partial charge in [0.25, 0.3) is 0 Å². The average molecular weight is 250 g/mol. The maximum atomic E-state index is 3.92. The molecule has 0 aromatic heterocycles. The molecule has 0 aromatic rings. The Morgan fingerprint density at radius 2 is 1.89 bits per heavy atom. The molecule has 0 spiro atoms. The monoisotopic (exact) mass is 250 g/mol. The topological polar surface area (TPSA) is 15.3 Å². The van der Waals surface area contributed by atoms with Crippen LogP contribution in [0.5, 0.6) is 0 Å². The molecule has 1 aliphatic heterocycles. The highest BCUT2D eigenvalue weighted by Gasteiger charge is 2.53. The van der Waals surface area contributed by atoms with Gasteiger partial charge < -0.3 is 10.2 Å². The third kappa shape index (κ3) is 2.91. The maximum absolute atomic E-state index is 3.92. The molecule has 2 saturated carbocycles. The molecule has 1 unspecified atom stereocenters. The minimum absolute atomic E-state index is 0.727. The van der Waals surface area contributed by atoms with Gasteiger partial charge in [-0.05, 0) is 83.2 Å². The van der Waals surface area contributed by atoms with E-state index in [1.807, 2.05) is 0 Å². The molecule has 1 atom stereocenters. The molecule has 2 heteroatoms. The van der Waals surface area contributed by atoms with Crippen LogP contribution >= 0.6 is 0 Å². The number of hydrogen-bond donors (Lipinski definition) is 1. The van der Waals surface area contributed by atoms with Crippen molar-refractivity contribution < 1.29 is 0 Å². The van der Waals surface area contributed by atoms with Crippen LogP contribution in [-0.4, -0.2) is 36.6 Å². The molecular formula is C16H30N2. The van der Waals surface area contributed by atoms with Crippen molar-refractivity contribution >= 4 is 0 Å². The van der Waals surface area contributed by atoms with Crippen LogP contribution in [0.2, 0.25) is 0 Å². The minimum Gasteiger partial charge on any atom is -0.313 e. The number of nitrogens with one attached hydrogen (secondary N) is 1. The Morgan fingerprint density at radius 3 is 2.50 bits per heavy atom. The molecule has 18 heavy (non-hydrogen) atoms. The summed E-state index contributed by atoms with van der Waals surface area (Å²) in [7, 11) is 0. The molecule has 104 valence electrons. The summed E-state index contributed by atoms with van der Waals surface area (Å²) in [5.41, 5.74) is 0.768. The minimum atomic E-state index is 0.727. The fraction of sp³-hybridized carbons (Fsp3) is 1.00. The lowest BCUT2D eigenvalue weighted by Gasteiger charge is -2.25. The van der Waals surface area contributed by atoms with Gasteiger partial charge in [0, 0.05) is 18.6 Å². The van der Waals surface area contributed by atoms with E-state index in [1.165, 1.54) is 64.6 Å². The summed E-state index contributed by atoms with van der Waals surface area (Å²) in [6, 6.07) is 1.52. The molecule has 2 nitrogen and oxygen atoms in total. The first kappa shape index (κ1) is 12.9. The van der Waals surface area contributed by atoms with Crippen molar-refractivity contribution in [3.63, 3.8) is 0 Å². The molecule has 3 rings (SSSR count). The Hall–Kier alpha value is -0.0800. The fourth-order valence-corrected chi connectivity index (χ4v) is 3.77. The normalized spacial score (nSPS) is 32.5. The second kappa shape index (κ2) is 5.13. The predicted molar refractivity (Wildman–Crippen MR) is 76.7 cm³/mol. The van der Waals surface area contributed by atoms with E-state index in [0.29, 0.717) is 0 Å². The van der Waals surface area contributed by atoms with E-state index in [9.17, 15) is 0 Å². The van der Waals surface area contributed by atoms with Gasteiger partial charge in [0.1, 0.15) is 0 Å². The summed E-state index contributed by atoms with van der Waals surface area (Å²) in [6.07, 6.45) is 10.2. The average Bonchev–Trinajstić information content (AvgIpc) is 3.19. The van der Waals surface area contributed by atoms with E-state index < -0.39 is 0 Å². The summed E-state index contributed by atoms with van der Waals surface area (Å²) in [6.45, 7) is 8.60. The van der Waals surface area contributed by atoms with E-state index in [4.69, 9.17) is 0 Å². The number of nitrogens with zero attached hydrogens (tertiary/aromatic N) is 1. The first-order valence-corrected chi connectivity index (χ1v) is 8.17. The van der Waals surface area contributed by atoms with Crippen LogP contribution in [-0.2, 0) is 0 Å². The maximum Gasteiger partial charge on any atom is 0.00799 e. The lowest BCUT2D eigenvalue weighted by Crippen LogP contribution is -2.36. The van der Waals surface area contributed by atoms with Gasteiger partial charge in [-0.3, -0.25) is 0 Å². The smallest absolute Gasteiger partial charge is 0.00799 e. The molecule has 3 aliphatic rings. The highest BCUT2D eigenvalue weighted by atomic mass is 15.1. The molecule has 0 amide bonds. The third-order valence-corrected chi connectivity index (χ3v) is 5.57. The predicted octanol–water partition coefficient (Wildman–Crippen LogP) is 3.03. The number of rotatable bonds is 5. The van der Waals surface area contributed by atoms with Crippen LogP contribution in [0.1, 0.15) is 58.8 Å². The summed E-state index contributed by atoms with van der Waals surface area (Å²) in [4.78, 5) is 2.65. The molecule has 3 fully saturated rings. The van der Waals surface area contributed by atoms with Crippen LogP contribution in [0.3, 0.4) is 0 Å². The van der Waals surface area contributed by atoms with Gasteiger partial charge in [0.2, 0.25) is 0 Å². The zero-order valence-electron chi connectivity index (χ0n) is 12.3. The highest BCUT2D eigenvalue weighted by molar-refractivity contribution is 5.05. The quantitative estimate of drug-likeness (QED) is 0.807. The van der Waals surface area contributed by atoms with Crippen LogP contribution in [0.4, 0.5) is 0 Å². The van der Waals surface area contributed by atoms with Crippen molar-refractivity contribution in [2.75, 3.05) is 19.6 Å². The first-order valence-electron chi connectivity index (χ1n) is 8.17. The SMILES string of the molecule is CC(C)N1CCCC(NCC2(C3CC3)CC2)CC1. The molecule has 1 saturated heterocycles. The number of likely N-dealkylation sites (tertiary alicyclic amines) is 1. The second-order valence-corrected chi connectivity index (χ2v) is 7.28. The third-order valence-electron chi connectivity index (χ3n) is 5.57. The fourth-order valence-electron chi connectivity index (χ4n) is 3.77. The Morgan fingerprint density at radius 1 is 1.11 bits per heavy atom. The lowest BCUT2D eigenvalue weighted by molar-refractivity contribution is 0.228. The largest absolute Gasteiger partial charge is 0.313 e. The Balaban J connectivity index is 1.43. The van der Waals surface area contributed by atoms with E-state index in [0.717, 1.165) is 23.4 Å². The highest BCUT2D eigenvalue weighted by Crippen LogP contribution is 2.60. The van der Waals surface area contributed by atoms with Gasteiger partial charge in [-0.15, -0.1) is 0 Å². The van der Waals surface area contributed by atoms with Crippen LogP contribution in [0.25, 0.3) is 0 Å². The molecule has 0 radical (unpaired) electrons. The van der Waals surface area contributed by atoms with Gasteiger partial charge >= 0.3 is 0 Å². The lowest BCUT2D eigenvalue weighted by atomic mass is 9.99. The van der Waals surface area contributed by atoms with E-state index in [1.54, 1.807) is 0 Å². The van der Waals surface area contributed by atoms with Crippen molar-refractivity contribution in [1.82, 2.24) is 10.2 Å².